The molecule has 0 saturated heterocycles. The second-order valence-corrected chi connectivity index (χ2v) is 6.47. The number of hydrogen-bond donors (Lipinski definition) is 3. The zero-order valence-electron chi connectivity index (χ0n) is 11.6. The molecule has 1 unspecified atom stereocenters. The van der Waals surface area contributed by atoms with E-state index in [4.69, 9.17) is 5.11 Å². The molecule has 0 saturated carbocycles. The Kier molecular flexibility index (Phi) is 4.08. The molecule has 2 aromatic rings. The summed E-state index contributed by atoms with van der Waals surface area (Å²) in [7, 11) is -1.07. The van der Waals surface area contributed by atoms with Gasteiger partial charge in [-0.1, -0.05) is 13.8 Å². The van der Waals surface area contributed by atoms with E-state index in [-0.39, 0.29) is 5.95 Å². The molecule has 0 bridgehead atoms. The number of carbonyl (C=O) groups is 1. The van der Waals surface area contributed by atoms with Crippen molar-refractivity contribution in [3.8, 4) is 0 Å². The molecule has 0 radical (unpaired) electrons. The van der Waals surface area contributed by atoms with Crippen LogP contribution in [0.15, 0.2) is 17.0 Å². The topological polar surface area (TPSA) is 95.1 Å². The first kappa shape index (κ1) is 14.5. The summed E-state index contributed by atoms with van der Waals surface area (Å²) in [6, 6.07) is 3.58. The Morgan fingerprint density at radius 1 is 1.50 bits per heavy atom. The van der Waals surface area contributed by atoms with Gasteiger partial charge in [0.05, 0.1) is 21.8 Å². The van der Waals surface area contributed by atoms with Crippen LogP contribution in [0.5, 0.6) is 0 Å². The van der Waals surface area contributed by atoms with E-state index >= 15 is 0 Å². The van der Waals surface area contributed by atoms with Crippen LogP contribution in [0.4, 0.5) is 10.7 Å². The standard InChI is InChI=1S/C13H17N3O3S/c1-7(2)6-20(19)10-5-4-9-11(8(10)3)15-12(14-9)16-13(17)18/h4-5,7H,6H2,1-3H3,(H,17,18)(H2,14,15,16). The molecule has 1 aromatic heterocycles. The zero-order valence-corrected chi connectivity index (χ0v) is 12.4. The predicted octanol–water partition coefficient (Wildman–Crippen LogP) is 2.72. The third-order valence-electron chi connectivity index (χ3n) is 2.81. The number of H-pyrrole nitrogens is 1. The number of fused-ring (bicyclic) bond motifs is 1. The Hall–Kier alpha value is -1.89. The van der Waals surface area contributed by atoms with Crippen LogP contribution in [0.25, 0.3) is 11.0 Å². The molecule has 1 heterocycles. The Morgan fingerprint density at radius 3 is 2.80 bits per heavy atom. The second-order valence-electron chi connectivity index (χ2n) is 5.01. The van der Waals surface area contributed by atoms with Crippen LogP contribution in [0.1, 0.15) is 19.4 Å². The van der Waals surface area contributed by atoms with E-state index in [1.54, 1.807) is 12.1 Å². The number of nitrogens with one attached hydrogen (secondary N) is 2. The highest BCUT2D eigenvalue weighted by atomic mass is 32.2. The van der Waals surface area contributed by atoms with Crippen molar-refractivity contribution >= 4 is 33.9 Å². The van der Waals surface area contributed by atoms with E-state index < -0.39 is 16.9 Å². The molecule has 0 aliphatic heterocycles. The predicted molar refractivity (Wildman–Crippen MR) is 78.6 cm³/mol. The minimum absolute atomic E-state index is 0.169. The molecule has 0 aliphatic rings. The number of aromatic amines is 1. The number of nitrogens with zero attached hydrogens (tertiary/aromatic N) is 1. The number of hydrogen-bond acceptors (Lipinski definition) is 3. The van der Waals surface area contributed by atoms with Crippen LogP contribution in [-0.4, -0.2) is 31.1 Å². The van der Waals surface area contributed by atoms with Gasteiger partial charge in [0.2, 0.25) is 5.95 Å². The van der Waals surface area contributed by atoms with Crippen LogP contribution < -0.4 is 5.32 Å². The van der Waals surface area contributed by atoms with Crippen molar-refractivity contribution in [1.82, 2.24) is 9.97 Å². The van der Waals surface area contributed by atoms with Gasteiger partial charge in [0.1, 0.15) is 0 Å². The minimum atomic E-state index is -1.18. The van der Waals surface area contributed by atoms with Crippen molar-refractivity contribution in [2.45, 2.75) is 25.7 Å². The smallest absolute Gasteiger partial charge is 0.411 e. The van der Waals surface area contributed by atoms with Crippen molar-refractivity contribution in [3.05, 3.63) is 17.7 Å². The third kappa shape index (κ3) is 2.98. The number of benzene rings is 1. The third-order valence-corrected chi connectivity index (χ3v) is 4.72. The quantitative estimate of drug-likeness (QED) is 0.808. The van der Waals surface area contributed by atoms with Gasteiger partial charge in [0.25, 0.3) is 0 Å². The number of aromatic nitrogens is 2. The summed E-state index contributed by atoms with van der Waals surface area (Å²) < 4.78 is 12.3. The highest BCUT2D eigenvalue weighted by Crippen LogP contribution is 2.24. The molecule has 20 heavy (non-hydrogen) atoms. The molecule has 0 fully saturated rings. The summed E-state index contributed by atoms with van der Waals surface area (Å²) in [6.45, 7) is 5.89. The maximum Gasteiger partial charge on any atom is 0.411 e. The Bertz CT molecular complexity index is 679. The first-order valence-corrected chi connectivity index (χ1v) is 7.58. The van der Waals surface area contributed by atoms with Gasteiger partial charge in [0, 0.05) is 10.6 Å². The van der Waals surface area contributed by atoms with Gasteiger partial charge in [-0.15, -0.1) is 0 Å². The molecular weight excluding hydrogens is 278 g/mol. The molecule has 0 aliphatic carbocycles. The lowest BCUT2D eigenvalue weighted by Gasteiger charge is -2.08. The minimum Gasteiger partial charge on any atom is -0.465 e. The summed E-state index contributed by atoms with van der Waals surface area (Å²) in [5.74, 6) is 1.11. The molecule has 108 valence electrons. The molecule has 3 N–H and O–H groups in total. The lowest BCUT2D eigenvalue weighted by atomic mass is 10.2. The van der Waals surface area contributed by atoms with Gasteiger partial charge in [0.15, 0.2) is 0 Å². The molecule has 0 spiro atoms. The fraction of sp³-hybridized carbons (Fsp3) is 0.385. The number of amides is 1. The molecule has 7 heteroatoms. The fourth-order valence-corrected chi connectivity index (χ4v) is 3.44. The molecule has 1 amide bonds. The maximum absolute atomic E-state index is 12.3. The lowest BCUT2D eigenvalue weighted by Crippen LogP contribution is -2.08. The zero-order chi connectivity index (χ0) is 14.9. The van der Waals surface area contributed by atoms with Crippen molar-refractivity contribution in [1.29, 1.82) is 0 Å². The van der Waals surface area contributed by atoms with Gasteiger partial charge in [-0.3, -0.25) is 9.53 Å². The van der Waals surface area contributed by atoms with Gasteiger partial charge in [-0.2, -0.15) is 0 Å². The summed E-state index contributed by atoms with van der Waals surface area (Å²) in [4.78, 5) is 18.4. The van der Waals surface area contributed by atoms with Crippen LogP contribution in [0.3, 0.4) is 0 Å². The first-order valence-electron chi connectivity index (χ1n) is 6.26. The number of aryl methyl sites for hydroxylation is 1. The molecule has 2 rings (SSSR count). The Morgan fingerprint density at radius 2 is 2.20 bits per heavy atom. The summed E-state index contributed by atoms with van der Waals surface area (Å²) in [5, 5.41) is 10.9. The van der Waals surface area contributed by atoms with Crippen LogP contribution >= 0.6 is 0 Å². The van der Waals surface area contributed by atoms with Crippen LogP contribution in [0.2, 0.25) is 0 Å². The Balaban J connectivity index is 2.42. The lowest BCUT2D eigenvalue weighted by molar-refractivity contribution is 0.209. The summed E-state index contributed by atoms with van der Waals surface area (Å²) >= 11 is 0. The monoisotopic (exact) mass is 295 g/mol. The van der Waals surface area contributed by atoms with Crippen molar-refractivity contribution in [2.75, 3.05) is 11.1 Å². The van der Waals surface area contributed by atoms with Gasteiger partial charge < -0.3 is 10.1 Å². The normalized spacial score (nSPS) is 12.8. The summed E-state index contributed by atoms with van der Waals surface area (Å²) in [5.41, 5.74) is 2.18. The highest BCUT2D eigenvalue weighted by Gasteiger charge is 2.14. The van der Waals surface area contributed by atoms with E-state index in [2.05, 4.69) is 15.3 Å². The van der Waals surface area contributed by atoms with E-state index in [0.717, 1.165) is 16.0 Å². The van der Waals surface area contributed by atoms with Crippen molar-refractivity contribution in [3.63, 3.8) is 0 Å². The summed E-state index contributed by atoms with van der Waals surface area (Å²) in [6.07, 6.45) is -1.18. The van der Waals surface area contributed by atoms with Crippen LogP contribution in [0, 0.1) is 12.8 Å². The molecule has 1 aromatic carbocycles. The number of carboxylic acid groups (broad SMARTS) is 1. The largest absolute Gasteiger partial charge is 0.465 e. The number of anilines is 1. The SMILES string of the molecule is Cc1c(S(=O)CC(C)C)ccc2[nH]c(NC(=O)O)nc12. The van der Waals surface area contributed by atoms with Crippen molar-refractivity contribution in [2.24, 2.45) is 5.92 Å². The molecular formula is C13H17N3O3S. The van der Waals surface area contributed by atoms with Gasteiger partial charge >= 0.3 is 6.09 Å². The maximum atomic E-state index is 12.3. The fourth-order valence-electron chi connectivity index (χ4n) is 1.99. The average molecular weight is 295 g/mol. The average Bonchev–Trinajstić information content (AvgIpc) is 2.70. The molecule has 1 atom stereocenters. The number of rotatable bonds is 4. The van der Waals surface area contributed by atoms with Gasteiger partial charge in [-0.25, -0.2) is 9.78 Å². The van der Waals surface area contributed by atoms with Crippen molar-refractivity contribution < 1.29 is 14.1 Å². The van der Waals surface area contributed by atoms with E-state index in [9.17, 15) is 9.00 Å². The van der Waals surface area contributed by atoms with E-state index in [1.165, 1.54) is 0 Å². The van der Waals surface area contributed by atoms with Crippen LogP contribution in [-0.2, 0) is 10.8 Å². The molecule has 6 nitrogen and oxygen atoms in total. The first-order chi connectivity index (χ1) is 9.38. The Labute approximate surface area is 119 Å². The highest BCUT2D eigenvalue weighted by molar-refractivity contribution is 7.85. The van der Waals surface area contributed by atoms with E-state index in [1.807, 2.05) is 20.8 Å². The van der Waals surface area contributed by atoms with Gasteiger partial charge in [-0.05, 0) is 30.5 Å². The van der Waals surface area contributed by atoms with E-state index in [0.29, 0.717) is 17.2 Å². The number of imidazole rings is 1. The second kappa shape index (κ2) is 5.62.